The van der Waals surface area contributed by atoms with Gasteiger partial charge in [-0.3, -0.25) is 9.78 Å². The van der Waals surface area contributed by atoms with Crippen LogP contribution in [-0.4, -0.2) is 23.0 Å². The van der Waals surface area contributed by atoms with Gasteiger partial charge < -0.3 is 4.74 Å². The number of methoxy groups -OCH3 is 1. The number of ether oxygens (including phenoxy) is 1. The molecule has 94 valence electrons. The van der Waals surface area contributed by atoms with Crippen molar-refractivity contribution in [2.75, 3.05) is 7.11 Å². The van der Waals surface area contributed by atoms with E-state index >= 15 is 0 Å². The third-order valence-electron chi connectivity index (χ3n) is 2.59. The number of esters is 1. The molecule has 0 amide bonds. The van der Waals surface area contributed by atoms with E-state index in [1.807, 2.05) is 19.1 Å². The standard InChI is InChI=1S/C13H14N2O2S/c1-9-11(5-6-12(16)17-2)18-13(15-9)10-4-3-7-14-8-10/h3-4,7-8H,5-6H2,1-2H3. The number of thiazole rings is 1. The number of aromatic nitrogens is 2. The second kappa shape index (κ2) is 5.73. The predicted molar refractivity (Wildman–Crippen MR) is 70.4 cm³/mol. The molecule has 18 heavy (non-hydrogen) atoms. The molecule has 5 heteroatoms. The number of hydrogen-bond acceptors (Lipinski definition) is 5. The van der Waals surface area contributed by atoms with Crippen LogP contribution in [0.4, 0.5) is 0 Å². The quantitative estimate of drug-likeness (QED) is 0.795. The Hall–Kier alpha value is -1.75. The molecule has 0 bridgehead atoms. The lowest BCUT2D eigenvalue weighted by atomic mass is 10.2. The fraction of sp³-hybridized carbons (Fsp3) is 0.308. The molecule has 0 N–H and O–H groups in total. The van der Waals surface area contributed by atoms with E-state index in [-0.39, 0.29) is 5.97 Å². The first-order valence-electron chi connectivity index (χ1n) is 5.64. The molecule has 0 aliphatic carbocycles. The Morgan fingerprint density at radius 2 is 2.33 bits per heavy atom. The predicted octanol–water partition coefficient (Wildman–Crippen LogP) is 2.62. The highest BCUT2D eigenvalue weighted by molar-refractivity contribution is 7.15. The lowest BCUT2D eigenvalue weighted by Gasteiger charge is -1.97. The smallest absolute Gasteiger partial charge is 0.305 e. The zero-order chi connectivity index (χ0) is 13.0. The molecule has 0 saturated carbocycles. The maximum atomic E-state index is 11.1. The topological polar surface area (TPSA) is 52.1 Å². The molecule has 2 heterocycles. The number of hydrogen-bond donors (Lipinski definition) is 0. The van der Waals surface area contributed by atoms with Crippen molar-refractivity contribution in [3.63, 3.8) is 0 Å². The average Bonchev–Trinajstić information content (AvgIpc) is 2.78. The summed E-state index contributed by atoms with van der Waals surface area (Å²) in [6, 6.07) is 3.87. The molecule has 0 radical (unpaired) electrons. The van der Waals surface area contributed by atoms with E-state index in [4.69, 9.17) is 0 Å². The molecular weight excluding hydrogens is 248 g/mol. The van der Waals surface area contributed by atoms with Crippen molar-refractivity contribution in [3.8, 4) is 10.6 Å². The van der Waals surface area contributed by atoms with E-state index in [1.54, 1.807) is 23.7 Å². The van der Waals surface area contributed by atoms with Crippen LogP contribution >= 0.6 is 11.3 Å². The molecule has 0 saturated heterocycles. The molecule has 2 aromatic rings. The first kappa shape index (κ1) is 12.7. The molecule has 0 aliphatic rings. The van der Waals surface area contributed by atoms with E-state index in [2.05, 4.69) is 14.7 Å². The summed E-state index contributed by atoms with van der Waals surface area (Å²) in [5, 5.41) is 0.945. The Morgan fingerprint density at radius 3 is 3.00 bits per heavy atom. The van der Waals surface area contributed by atoms with Crippen molar-refractivity contribution in [2.24, 2.45) is 0 Å². The van der Waals surface area contributed by atoms with Gasteiger partial charge in [-0.2, -0.15) is 0 Å². The molecule has 0 aliphatic heterocycles. The number of carbonyl (C=O) groups excluding carboxylic acids is 1. The fourth-order valence-electron chi connectivity index (χ4n) is 1.59. The summed E-state index contributed by atoms with van der Waals surface area (Å²) in [7, 11) is 1.41. The molecule has 0 atom stereocenters. The van der Waals surface area contributed by atoms with Crippen LogP contribution in [0.2, 0.25) is 0 Å². The van der Waals surface area contributed by atoms with Crippen LogP contribution in [0.25, 0.3) is 10.6 Å². The van der Waals surface area contributed by atoms with Gasteiger partial charge in [-0.05, 0) is 25.5 Å². The summed E-state index contributed by atoms with van der Waals surface area (Å²) in [5.74, 6) is -0.189. The summed E-state index contributed by atoms with van der Waals surface area (Å²) in [6.45, 7) is 1.96. The zero-order valence-corrected chi connectivity index (χ0v) is 11.2. The number of nitrogens with zero attached hydrogens (tertiary/aromatic N) is 2. The van der Waals surface area contributed by atoms with Crippen molar-refractivity contribution in [3.05, 3.63) is 35.1 Å². The lowest BCUT2D eigenvalue weighted by molar-refractivity contribution is -0.140. The van der Waals surface area contributed by atoms with Gasteiger partial charge in [0, 0.05) is 22.8 Å². The Bertz CT molecular complexity index is 537. The van der Waals surface area contributed by atoms with Crippen LogP contribution in [0.3, 0.4) is 0 Å². The number of aryl methyl sites for hydroxylation is 2. The number of rotatable bonds is 4. The lowest BCUT2D eigenvalue weighted by Crippen LogP contribution is -2.01. The van der Waals surface area contributed by atoms with Gasteiger partial charge in [0.05, 0.1) is 19.2 Å². The van der Waals surface area contributed by atoms with Crippen LogP contribution in [0.5, 0.6) is 0 Å². The Balaban J connectivity index is 2.15. The van der Waals surface area contributed by atoms with Crippen LogP contribution in [0.1, 0.15) is 17.0 Å². The molecule has 4 nitrogen and oxygen atoms in total. The van der Waals surface area contributed by atoms with Gasteiger partial charge in [-0.1, -0.05) is 0 Å². The summed E-state index contributed by atoms with van der Waals surface area (Å²) in [4.78, 5) is 20.8. The highest BCUT2D eigenvalue weighted by atomic mass is 32.1. The average molecular weight is 262 g/mol. The maximum absolute atomic E-state index is 11.1. The Labute approximate surface area is 110 Å². The minimum absolute atomic E-state index is 0.189. The highest BCUT2D eigenvalue weighted by Crippen LogP contribution is 2.28. The molecule has 2 aromatic heterocycles. The van der Waals surface area contributed by atoms with Gasteiger partial charge in [0.1, 0.15) is 5.01 Å². The first-order chi connectivity index (χ1) is 8.70. The maximum Gasteiger partial charge on any atom is 0.305 e. The van der Waals surface area contributed by atoms with Crippen LogP contribution in [0, 0.1) is 6.92 Å². The summed E-state index contributed by atoms with van der Waals surface area (Å²) >= 11 is 1.61. The third kappa shape index (κ3) is 2.92. The largest absolute Gasteiger partial charge is 0.469 e. The molecular formula is C13H14N2O2S. The van der Waals surface area contributed by atoms with Gasteiger partial charge in [0.2, 0.25) is 0 Å². The van der Waals surface area contributed by atoms with Gasteiger partial charge in [-0.15, -0.1) is 11.3 Å². The van der Waals surface area contributed by atoms with Gasteiger partial charge >= 0.3 is 5.97 Å². The Morgan fingerprint density at radius 1 is 1.50 bits per heavy atom. The van der Waals surface area contributed by atoms with Crippen LogP contribution in [0.15, 0.2) is 24.5 Å². The molecule has 2 rings (SSSR count). The van der Waals surface area contributed by atoms with Gasteiger partial charge in [0.15, 0.2) is 0 Å². The fourth-order valence-corrected chi connectivity index (χ4v) is 2.64. The van der Waals surface area contributed by atoms with Crippen LogP contribution in [-0.2, 0) is 16.0 Å². The Kier molecular flexibility index (Phi) is 4.04. The summed E-state index contributed by atoms with van der Waals surface area (Å²) < 4.78 is 4.64. The minimum Gasteiger partial charge on any atom is -0.469 e. The monoisotopic (exact) mass is 262 g/mol. The SMILES string of the molecule is COC(=O)CCc1sc(-c2cccnc2)nc1C. The van der Waals surface area contributed by atoms with E-state index in [9.17, 15) is 4.79 Å². The number of pyridine rings is 1. The van der Waals surface area contributed by atoms with Crippen molar-refractivity contribution in [1.82, 2.24) is 9.97 Å². The van der Waals surface area contributed by atoms with Gasteiger partial charge in [0.25, 0.3) is 0 Å². The van der Waals surface area contributed by atoms with E-state index in [0.717, 1.165) is 21.1 Å². The molecule has 0 aromatic carbocycles. The van der Waals surface area contributed by atoms with E-state index < -0.39 is 0 Å². The van der Waals surface area contributed by atoms with Crippen molar-refractivity contribution < 1.29 is 9.53 Å². The molecule has 0 unspecified atom stereocenters. The third-order valence-corrected chi connectivity index (χ3v) is 3.85. The van der Waals surface area contributed by atoms with Gasteiger partial charge in [-0.25, -0.2) is 4.98 Å². The van der Waals surface area contributed by atoms with Crippen LogP contribution < -0.4 is 0 Å². The van der Waals surface area contributed by atoms with Crippen molar-refractivity contribution in [1.29, 1.82) is 0 Å². The first-order valence-corrected chi connectivity index (χ1v) is 6.46. The molecule has 0 spiro atoms. The minimum atomic E-state index is -0.189. The van der Waals surface area contributed by atoms with Crippen molar-refractivity contribution in [2.45, 2.75) is 19.8 Å². The van der Waals surface area contributed by atoms with E-state index in [1.165, 1.54) is 7.11 Å². The second-order valence-corrected chi connectivity index (χ2v) is 4.93. The summed E-state index contributed by atoms with van der Waals surface area (Å²) in [5.41, 5.74) is 1.98. The second-order valence-electron chi connectivity index (χ2n) is 3.85. The zero-order valence-electron chi connectivity index (χ0n) is 10.3. The summed E-state index contributed by atoms with van der Waals surface area (Å²) in [6.07, 6.45) is 4.60. The van der Waals surface area contributed by atoms with Crippen molar-refractivity contribution >= 4 is 17.3 Å². The molecule has 0 fully saturated rings. The normalized spacial score (nSPS) is 10.3. The number of carbonyl (C=O) groups is 1. The highest BCUT2D eigenvalue weighted by Gasteiger charge is 2.11. The van der Waals surface area contributed by atoms with E-state index in [0.29, 0.717) is 12.8 Å².